The van der Waals surface area contributed by atoms with E-state index in [1.807, 2.05) is 0 Å². The van der Waals surface area contributed by atoms with Crippen molar-refractivity contribution in [2.45, 2.75) is 125 Å². The van der Waals surface area contributed by atoms with Gasteiger partial charge in [0.15, 0.2) is 0 Å². The molecule has 0 amide bonds. The molecule has 0 bridgehead atoms. The van der Waals surface area contributed by atoms with E-state index in [9.17, 15) is 9.59 Å². The third-order valence-corrected chi connectivity index (χ3v) is 12.5. The smallest absolute Gasteiger partial charge is 0.338 e. The van der Waals surface area contributed by atoms with Gasteiger partial charge in [0.25, 0.3) is 6.47 Å². The van der Waals surface area contributed by atoms with E-state index in [0.29, 0.717) is 40.9 Å². The molecule has 0 heterocycles. The second kappa shape index (κ2) is 13.1. The lowest BCUT2D eigenvalue weighted by atomic mass is 9.48. The number of rotatable bonds is 11. The molecule has 1 aromatic rings. The second-order valence-corrected chi connectivity index (χ2v) is 14.9. The Bertz CT molecular complexity index is 1020. The van der Waals surface area contributed by atoms with Crippen molar-refractivity contribution in [3.8, 4) is 0 Å². The summed E-state index contributed by atoms with van der Waals surface area (Å²) in [7, 11) is 0. The van der Waals surface area contributed by atoms with Gasteiger partial charge in [-0.25, -0.2) is 4.79 Å². The van der Waals surface area contributed by atoms with Crippen molar-refractivity contribution in [3.63, 3.8) is 0 Å². The molecule has 3 aliphatic carbocycles. The third kappa shape index (κ3) is 6.49. The quantitative estimate of drug-likeness (QED) is 0.164. The minimum absolute atomic E-state index is 0.0351. The van der Waals surface area contributed by atoms with Crippen molar-refractivity contribution in [1.29, 1.82) is 0 Å². The number of hydrogen-bond donors (Lipinski definition) is 1. The Hall–Kier alpha value is -2.04. The number of benzene rings is 1. The maximum absolute atomic E-state index is 13.4. The molecular formula is C36H57NO4. The van der Waals surface area contributed by atoms with Gasteiger partial charge in [-0.1, -0.05) is 74.1 Å². The highest BCUT2D eigenvalue weighted by atomic mass is 16.5. The molecule has 2 N–H and O–H groups in total. The molecule has 0 aliphatic heterocycles. The van der Waals surface area contributed by atoms with Crippen molar-refractivity contribution < 1.29 is 19.1 Å². The van der Waals surface area contributed by atoms with Crippen LogP contribution >= 0.6 is 0 Å². The fourth-order valence-electron chi connectivity index (χ4n) is 9.77. The lowest BCUT2D eigenvalue weighted by molar-refractivity contribution is -0.162. The average Bonchev–Trinajstić information content (AvgIpc) is 3.28. The van der Waals surface area contributed by atoms with Gasteiger partial charge in [0.05, 0.1) is 5.56 Å². The standard InChI is InChI=1S/C36H57NO4/c1-8-35(6)30(24(4)11-9-10-23(2)3)16-17-31(35)29-21-33(41-34(39)26-12-14-27(37)15-13-26)32-20-28(40-22-38)18-19-36(32,7)25(29)5/h12-15,22-25,28-33H,8-11,16-21,37H2,1-7H3. The van der Waals surface area contributed by atoms with Crippen LogP contribution in [0.4, 0.5) is 5.69 Å². The van der Waals surface area contributed by atoms with E-state index in [1.54, 1.807) is 24.3 Å². The number of anilines is 1. The van der Waals surface area contributed by atoms with Crippen LogP contribution in [-0.2, 0) is 14.3 Å². The zero-order valence-corrected chi connectivity index (χ0v) is 26.9. The molecule has 10 unspecified atom stereocenters. The van der Waals surface area contributed by atoms with Gasteiger partial charge >= 0.3 is 5.97 Å². The van der Waals surface area contributed by atoms with E-state index in [2.05, 4.69) is 48.5 Å². The SMILES string of the molecule is CCC1(C)C(C(C)CCCC(C)C)CCC1C1CC(OC(=O)c2ccc(N)cc2)C2CC(OC=O)CCC2(C)C1C. The number of hydrogen-bond acceptors (Lipinski definition) is 5. The number of carbonyl (C=O) groups excluding carboxylic acids is 2. The van der Waals surface area contributed by atoms with E-state index in [0.717, 1.165) is 43.4 Å². The molecule has 3 fully saturated rings. The van der Waals surface area contributed by atoms with Crippen LogP contribution in [0.2, 0.25) is 0 Å². The molecule has 5 nitrogen and oxygen atoms in total. The van der Waals surface area contributed by atoms with E-state index in [4.69, 9.17) is 15.2 Å². The summed E-state index contributed by atoms with van der Waals surface area (Å²) < 4.78 is 11.9. The zero-order valence-electron chi connectivity index (χ0n) is 26.9. The van der Waals surface area contributed by atoms with Crippen LogP contribution in [0.1, 0.15) is 123 Å². The van der Waals surface area contributed by atoms with Gasteiger partial charge in [-0.05, 0) is 109 Å². The Kier molecular flexibility index (Phi) is 10.2. The van der Waals surface area contributed by atoms with E-state index in [1.165, 1.54) is 38.5 Å². The van der Waals surface area contributed by atoms with E-state index >= 15 is 0 Å². The monoisotopic (exact) mass is 567 g/mol. The predicted molar refractivity (Wildman–Crippen MR) is 166 cm³/mol. The van der Waals surface area contributed by atoms with Gasteiger partial charge in [0.2, 0.25) is 0 Å². The van der Waals surface area contributed by atoms with Crippen LogP contribution in [0.3, 0.4) is 0 Å². The average molecular weight is 568 g/mol. The topological polar surface area (TPSA) is 78.6 Å². The van der Waals surface area contributed by atoms with E-state index in [-0.39, 0.29) is 29.5 Å². The molecule has 41 heavy (non-hydrogen) atoms. The highest BCUT2D eigenvalue weighted by molar-refractivity contribution is 5.89. The maximum Gasteiger partial charge on any atom is 0.338 e. The molecule has 4 rings (SSSR count). The highest BCUT2D eigenvalue weighted by Gasteiger charge is 2.59. The first-order valence-corrected chi connectivity index (χ1v) is 16.6. The van der Waals surface area contributed by atoms with Gasteiger partial charge in [-0.3, -0.25) is 4.79 Å². The Labute approximate surface area is 249 Å². The summed E-state index contributed by atoms with van der Waals surface area (Å²) in [5, 5.41) is 0. The van der Waals surface area contributed by atoms with Gasteiger partial charge in [-0.2, -0.15) is 0 Å². The van der Waals surface area contributed by atoms with Crippen LogP contribution < -0.4 is 5.73 Å². The fraction of sp³-hybridized carbons (Fsp3) is 0.778. The minimum Gasteiger partial charge on any atom is -0.465 e. The van der Waals surface area contributed by atoms with Gasteiger partial charge in [0.1, 0.15) is 12.2 Å². The first-order valence-electron chi connectivity index (χ1n) is 16.6. The van der Waals surface area contributed by atoms with Crippen molar-refractivity contribution in [1.82, 2.24) is 0 Å². The summed E-state index contributed by atoms with van der Waals surface area (Å²) in [5.41, 5.74) is 7.39. The second-order valence-electron chi connectivity index (χ2n) is 14.9. The predicted octanol–water partition coefficient (Wildman–Crippen LogP) is 8.70. The molecule has 3 aliphatic rings. The van der Waals surface area contributed by atoms with Crippen LogP contribution in [0.25, 0.3) is 0 Å². The summed E-state index contributed by atoms with van der Waals surface area (Å²) in [4.78, 5) is 24.7. The summed E-state index contributed by atoms with van der Waals surface area (Å²) in [6, 6.07) is 7.04. The minimum atomic E-state index is -0.273. The normalized spacial score (nSPS) is 37.8. The molecule has 0 aromatic heterocycles. The number of nitrogen functional groups attached to an aromatic ring is 1. The Morgan fingerprint density at radius 2 is 1.76 bits per heavy atom. The van der Waals surface area contributed by atoms with Gasteiger partial charge in [-0.15, -0.1) is 0 Å². The number of nitrogens with two attached hydrogens (primary N) is 1. The Morgan fingerprint density at radius 1 is 1.05 bits per heavy atom. The summed E-state index contributed by atoms with van der Waals surface area (Å²) >= 11 is 0. The molecule has 3 saturated carbocycles. The number of carbonyl (C=O) groups is 2. The molecule has 0 radical (unpaired) electrons. The molecule has 1 aromatic carbocycles. The first kappa shape index (κ1) is 31.9. The largest absolute Gasteiger partial charge is 0.465 e. The molecule has 0 spiro atoms. The summed E-state index contributed by atoms with van der Waals surface area (Å²) in [6.07, 6.45) is 11.0. The van der Waals surface area contributed by atoms with Crippen molar-refractivity contribution in [2.24, 2.45) is 52.3 Å². The van der Waals surface area contributed by atoms with Crippen LogP contribution in [0.15, 0.2) is 24.3 Å². The van der Waals surface area contributed by atoms with Gasteiger partial charge < -0.3 is 15.2 Å². The number of ether oxygens (including phenoxy) is 2. The maximum atomic E-state index is 13.4. The lowest BCUT2D eigenvalue weighted by Gasteiger charge is -2.59. The fourth-order valence-corrected chi connectivity index (χ4v) is 9.77. The van der Waals surface area contributed by atoms with Crippen LogP contribution in [0.5, 0.6) is 0 Å². The Balaban J connectivity index is 1.60. The molecule has 10 atom stereocenters. The highest BCUT2D eigenvalue weighted by Crippen LogP contribution is 2.64. The van der Waals surface area contributed by atoms with Gasteiger partial charge in [0, 0.05) is 11.6 Å². The van der Waals surface area contributed by atoms with Crippen molar-refractivity contribution >= 4 is 18.1 Å². The zero-order chi connectivity index (χ0) is 29.9. The first-order chi connectivity index (χ1) is 19.4. The van der Waals surface area contributed by atoms with Crippen LogP contribution in [0, 0.1) is 52.3 Å². The number of esters is 1. The Morgan fingerprint density at radius 3 is 2.39 bits per heavy atom. The summed E-state index contributed by atoms with van der Waals surface area (Å²) in [6.45, 7) is 17.7. The molecular weight excluding hydrogens is 510 g/mol. The third-order valence-electron chi connectivity index (χ3n) is 12.5. The summed E-state index contributed by atoms with van der Waals surface area (Å²) in [5.74, 6) is 3.79. The molecule has 5 heteroatoms. The van der Waals surface area contributed by atoms with Crippen molar-refractivity contribution in [2.75, 3.05) is 5.73 Å². The molecule has 0 saturated heterocycles. The lowest BCUT2D eigenvalue weighted by Crippen LogP contribution is -2.56. The number of fused-ring (bicyclic) bond motifs is 1. The van der Waals surface area contributed by atoms with Crippen LogP contribution in [-0.4, -0.2) is 24.6 Å². The van der Waals surface area contributed by atoms with Crippen molar-refractivity contribution in [3.05, 3.63) is 29.8 Å². The molecule has 230 valence electrons. The van der Waals surface area contributed by atoms with E-state index < -0.39 is 0 Å².